The lowest BCUT2D eigenvalue weighted by atomic mass is 9.99. The molecule has 0 radical (unpaired) electrons. The molecule has 0 aliphatic rings. The lowest BCUT2D eigenvalue weighted by molar-refractivity contribution is -0.161. The van der Waals surface area contributed by atoms with Crippen molar-refractivity contribution < 1.29 is 80.2 Å². The summed E-state index contributed by atoms with van der Waals surface area (Å²) in [6, 6.07) is 0. The number of carbonyl (C=O) groups excluding carboxylic acids is 4. The van der Waals surface area contributed by atoms with Crippen molar-refractivity contribution in [3.05, 3.63) is 0 Å². The zero-order chi connectivity index (χ0) is 69.6. The average Bonchev–Trinajstić information content (AvgIpc) is 1.13. The predicted molar refractivity (Wildman–Crippen MR) is 381 cm³/mol. The molecule has 6 atom stereocenters. The van der Waals surface area contributed by atoms with Gasteiger partial charge in [-0.25, -0.2) is 9.13 Å². The highest BCUT2D eigenvalue weighted by molar-refractivity contribution is 7.47. The largest absolute Gasteiger partial charge is 0.472 e. The minimum atomic E-state index is -4.96. The molecule has 558 valence electrons. The van der Waals surface area contributed by atoms with Crippen molar-refractivity contribution in [1.82, 2.24) is 0 Å². The minimum absolute atomic E-state index is 0.105. The van der Waals surface area contributed by atoms with Crippen LogP contribution >= 0.6 is 15.6 Å². The van der Waals surface area contributed by atoms with Gasteiger partial charge < -0.3 is 33.8 Å². The van der Waals surface area contributed by atoms with Gasteiger partial charge in [0.05, 0.1) is 26.4 Å². The van der Waals surface area contributed by atoms with E-state index in [1.165, 1.54) is 173 Å². The molecule has 94 heavy (non-hydrogen) atoms. The number of aliphatic hydroxyl groups excluding tert-OH is 1. The fraction of sp³-hybridized carbons (Fsp3) is 0.947. The second-order valence-electron chi connectivity index (χ2n) is 28.7. The molecule has 17 nitrogen and oxygen atoms in total. The number of phosphoric acid groups is 2. The van der Waals surface area contributed by atoms with Gasteiger partial charge in [-0.2, -0.15) is 0 Å². The second-order valence-corrected chi connectivity index (χ2v) is 31.6. The Kier molecular flexibility index (Phi) is 63.1. The molecule has 3 N–H and O–H groups in total. The number of carbonyl (C=O) groups is 4. The first kappa shape index (κ1) is 92.1. The van der Waals surface area contributed by atoms with Gasteiger partial charge in [0, 0.05) is 25.7 Å². The molecule has 0 amide bonds. The van der Waals surface area contributed by atoms with E-state index in [0.29, 0.717) is 31.6 Å². The van der Waals surface area contributed by atoms with Crippen LogP contribution in [0.5, 0.6) is 0 Å². The van der Waals surface area contributed by atoms with Crippen LogP contribution in [0, 0.1) is 23.7 Å². The van der Waals surface area contributed by atoms with Crippen LogP contribution in [0.2, 0.25) is 0 Å². The summed E-state index contributed by atoms with van der Waals surface area (Å²) in [5.41, 5.74) is 0. The van der Waals surface area contributed by atoms with E-state index in [2.05, 4.69) is 55.4 Å². The van der Waals surface area contributed by atoms with E-state index >= 15 is 0 Å². The summed E-state index contributed by atoms with van der Waals surface area (Å²) in [6.07, 6.45) is 48.6. The van der Waals surface area contributed by atoms with Gasteiger partial charge in [0.2, 0.25) is 0 Å². The number of aliphatic hydroxyl groups is 1. The van der Waals surface area contributed by atoms with Gasteiger partial charge in [0.25, 0.3) is 0 Å². The molecule has 4 unspecified atom stereocenters. The second kappa shape index (κ2) is 64.4. The van der Waals surface area contributed by atoms with E-state index in [4.69, 9.17) is 37.0 Å². The number of rotatable bonds is 72. The Morgan fingerprint density at radius 2 is 0.511 bits per heavy atom. The number of unbranched alkanes of at least 4 members (excludes halogenated alkanes) is 37. The maximum Gasteiger partial charge on any atom is 0.472 e. The summed E-state index contributed by atoms with van der Waals surface area (Å²) in [6.45, 7) is 14.2. The summed E-state index contributed by atoms with van der Waals surface area (Å²) in [5, 5.41) is 10.6. The molecule has 19 heteroatoms. The number of esters is 4. The molecule has 0 bridgehead atoms. The predicted octanol–water partition coefficient (Wildman–Crippen LogP) is 21.7. The van der Waals surface area contributed by atoms with E-state index in [-0.39, 0.29) is 25.7 Å². The topological polar surface area (TPSA) is 237 Å². The zero-order valence-electron chi connectivity index (χ0n) is 61.6. The molecule has 0 saturated heterocycles. The zero-order valence-corrected chi connectivity index (χ0v) is 63.4. The third-order valence-corrected chi connectivity index (χ3v) is 19.6. The van der Waals surface area contributed by atoms with E-state index in [0.717, 1.165) is 114 Å². The monoisotopic (exact) mass is 1380 g/mol. The Hall–Kier alpha value is -1.94. The van der Waals surface area contributed by atoms with Crippen LogP contribution in [0.15, 0.2) is 0 Å². The van der Waals surface area contributed by atoms with Gasteiger partial charge in [-0.15, -0.1) is 0 Å². The molecule has 0 aromatic rings. The van der Waals surface area contributed by atoms with E-state index in [1.54, 1.807) is 0 Å². The van der Waals surface area contributed by atoms with Gasteiger partial charge in [-0.3, -0.25) is 37.3 Å². The summed E-state index contributed by atoms with van der Waals surface area (Å²) >= 11 is 0. The molecule has 0 aliphatic heterocycles. The summed E-state index contributed by atoms with van der Waals surface area (Å²) in [4.78, 5) is 72.7. The lowest BCUT2D eigenvalue weighted by Gasteiger charge is -2.21. The van der Waals surface area contributed by atoms with Crippen molar-refractivity contribution in [1.29, 1.82) is 0 Å². The summed E-state index contributed by atoms with van der Waals surface area (Å²) in [5.74, 6) is 0.920. The summed E-state index contributed by atoms with van der Waals surface area (Å²) in [7, 11) is -9.91. The minimum Gasteiger partial charge on any atom is -0.462 e. The first-order valence-electron chi connectivity index (χ1n) is 38.7. The molecule has 0 rings (SSSR count). The molecular weight excluding hydrogens is 1230 g/mol. The normalized spacial score (nSPS) is 14.4. The van der Waals surface area contributed by atoms with Crippen LogP contribution in [-0.4, -0.2) is 96.7 Å². The van der Waals surface area contributed by atoms with Crippen LogP contribution in [-0.2, 0) is 65.4 Å². The molecule has 0 aliphatic carbocycles. The molecular formula is C75H146O17P2. The molecule has 0 saturated carbocycles. The Morgan fingerprint density at radius 1 is 0.298 bits per heavy atom. The van der Waals surface area contributed by atoms with Crippen LogP contribution < -0.4 is 0 Å². The van der Waals surface area contributed by atoms with Crippen molar-refractivity contribution in [3.8, 4) is 0 Å². The smallest absolute Gasteiger partial charge is 0.462 e. The first-order valence-corrected chi connectivity index (χ1v) is 41.7. The van der Waals surface area contributed by atoms with E-state index in [1.807, 2.05) is 0 Å². The Labute approximate surface area is 575 Å². The van der Waals surface area contributed by atoms with Gasteiger partial charge in [0.1, 0.15) is 19.3 Å². The Balaban J connectivity index is 5.22. The maximum atomic E-state index is 13.1. The van der Waals surface area contributed by atoms with Crippen molar-refractivity contribution in [2.24, 2.45) is 23.7 Å². The van der Waals surface area contributed by atoms with Crippen LogP contribution in [0.4, 0.5) is 0 Å². The third-order valence-electron chi connectivity index (χ3n) is 17.7. The van der Waals surface area contributed by atoms with Crippen molar-refractivity contribution in [2.45, 2.75) is 395 Å². The van der Waals surface area contributed by atoms with Gasteiger partial charge in [-0.1, -0.05) is 325 Å². The fourth-order valence-electron chi connectivity index (χ4n) is 11.3. The highest BCUT2D eigenvalue weighted by Gasteiger charge is 2.30. The molecule has 0 aromatic heterocycles. The SMILES string of the molecule is CCC(C)CCCCCCCCCCC(=O)OC[C@H](COP(=O)(O)OCC(O)COP(=O)(O)OC[C@@H](COC(=O)CCCCCCCCCC(C)C)OC(=O)CCCCCCCCCCCCCCCCCCC(C)C)OC(=O)CCCCCCCCCCCCC(C)C. The van der Waals surface area contributed by atoms with E-state index in [9.17, 15) is 43.2 Å². The third kappa shape index (κ3) is 67.3. The number of hydrogen-bond acceptors (Lipinski definition) is 15. The molecule has 0 heterocycles. The Bertz CT molecular complexity index is 1850. The van der Waals surface area contributed by atoms with Crippen LogP contribution in [0.1, 0.15) is 376 Å². The highest BCUT2D eigenvalue weighted by Crippen LogP contribution is 2.45. The van der Waals surface area contributed by atoms with Crippen molar-refractivity contribution in [3.63, 3.8) is 0 Å². The van der Waals surface area contributed by atoms with Crippen LogP contribution in [0.3, 0.4) is 0 Å². The maximum absolute atomic E-state index is 13.1. The van der Waals surface area contributed by atoms with Crippen LogP contribution in [0.25, 0.3) is 0 Å². The molecule has 0 aromatic carbocycles. The Morgan fingerprint density at radius 3 is 0.755 bits per heavy atom. The molecule has 0 spiro atoms. The number of phosphoric ester groups is 2. The van der Waals surface area contributed by atoms with Crippen molar-refractivity contribution >= 4 is 39.5 Å². The number of hydrogen-bond donors (Lipinski definition) is 3. The highest BCUT2D eigenvalue weighted by atomic mass is 31.2. The average molecular weight is 1380 g/mol. The van der Waals surface area contributed by atoms with Gasteiger partial charge >= 0.3 is 39.5 Å². The number of ether oxygens (including phenoxy) is 4. The summed E-state index contributed by atoms with van der Waals surface area (Å²) < 4.78 is 68.5. The standard InChI is InChI=1S/C75H146O17P2/c1-9-68(8)54-46-38-30-24-25-31-39-47-55-72(77)85-61-70(91-75(80)58-50-42-33-23-19-18-21-28-36-44-52-66(4)5)63-89-93(81,82)87-59-69(76)60-88-94(83,84)90-64-71(62-86-73(78)56-48-40-34-26-29-37-45-53-67(6)7)92-74(79)57-49-41-32-22-17-15-13-11-10-12-14-16-20-27-35-43-51-65(2)3/h65-71,76H,9-64H2,1-8H3,(H,81,82)(H,83,84)/t68?,69?,70-,71-/m1/s1. The van der Waals surface area contributed by atoms with E-state index < -0.39 is 97.5 Å². The fourth-order valence-corrected chi connectivity index (χ4v) is 12.9. The first-order chi connectivity index (χ1) is 45.1. The molecule has 0 fully saturated rings. The quantitative estimate of drug-likeness (QED) is 0.0222. The van der Waals surface area contributed by atoms with Gasteiger partial charge in [0.15, 0.2) is 12.2 Å². The lowest BCUT2D eigenvalue weighted by Crippen LogP contribution is -2.30. The van der Waals surface area contributed by atoms with Crippen molar-refractivity contribution in [2.75, 3.05) is 39.6 Å². The van der Waals surface area contributed by atoms with Gasteiger partial charge in [-0.05, 0) is 49.4 Å².